The number of amides is 2. The zero-order valence-electron chi connectivity index (χ0n) is 23.1. The largest absolute Gasteiger partial charge is 0.505 e. The lowest BCUT2D eigenvalue weighted by atomic mass is 9.69. The highest BCUT2D eigenvalue weighted by atomic mass is 19.1. The Bertz CT molecular complexity index is 1630. The minimum absolute atomic E-state index is 0.166. The predicted molar refractivity (Wildman–Crippen MR) is 157 cm³/mol. The summed E-state index contributed by atoms with van der Waals surface area (Å²) in [4.78, 5) is 32.9. The second-order valence-corrected chi connectivity index (χ2v) is 11.1. The molecule has 1 aliphatic carbocycles. The summed E-state index contributed by atoms with van der Waals surface area (Å²) in [5.74, 6) is -3.60. The Hall–Kier alpha value is -4.16. The third kappa shape index (κ3) is 5.41. The molecule has 1 aromatic heterocycles. The van der Waals surface area contributed by atoms with E-state index in [1.807, 2.05) is 18.2 Å². The molecule has 6 rings (SSSR count). The summed E-state index contributed by atoms with van der Waals surface area (Å²) in [5.41, 5.74) is 4.06. The fourth-order valence-electron chi connectivity index (χ4n) is 6.63. The van der Waals surface area contributed by atoms with Crippen LogP contribution in [0, 0.1) is 23.6 Å². The molecule has 43 heavy (non-hydrogen) atoms. The van der Waals surface area contributed by atoms with Gasteiger partial charge in [0.05, 0.1) is 42.5 Å². The van der Waals surface area contributed by atoms with Gasteiger partial charge in [0, 0.05) is 12.1 Å². The number of hydrogen-bond acceptors (Lipinski definition) is 8. The van der Waals surface area contributed by atoms with Crippen LogP contribution in [0.5, 0.6) is 5.75 Å². The highest BCUT2D eigenvalue weighted by Crippen LogP contribution is 2.50. The number of phenols is 1. The molecule has 0 bridgehead atoms. The molecule has 2 aromatic carbocycles. The second kappa shape index (κ2) is 11.9. The average molecular weight is 584 g/mol. The van der Waals surface area contributed by atoms with E-state index in [0.717, 1.165) is 16.0 Å². The van der Waals surface area contributed by atoms with Crippen molar-refractivity contribution < 1.29 is 39.0 Å². The van der Waals surface area contributed by atoms with Crippen molar-refractivity contribution in [1.29, 1.82) is 0 Å². The van der Waals surface area contributed by atoms with Gasteiger partial charge in [-0.2, -0.15) is 0 Å². The number of aliphatic hydroxyl groups excluding tert-OH is 1. The van der Waals surface area contributed by atoms with E-state index in [-0.39, 0.29) is 48.5 Å². The molecule has 0 unspecified atom stereocenters. The van der Waals surface area contributed by atoms with Crippen molar-refractivity contribution in [2.75, 3.05) is 18.1 Å². The number of aromatic nitrogens is 1. The van der Waals surface area contributed by atoms with Crippen LogP contribution in [-0.2, 0) is 14.3 Å². The first-order valence-electron chi connectivity index (χ1n) is 14.2. The summed E-state index contributed by atoms with van der Waals surface area (Å²) in [7, 11) is -1.74. The summed E-state index contributed by atoms with van der Waals surface area (Å²) in [5, 5.41) is 39.1. The number of ether oxygens (including phenoxy) is 1. The van der Waals surface area contributed by atoms with E-state index in [2.05, 4.69) is 4.98 Å². The van der Waals surface area contributed by atoms with E-state index in [9.17, 15) is 34.2 Å². The highest BCUT2D eigenvalue weighted by molar-refractivity contribution is 6.58. The van der Waals surface area contributed by atoms with Gasteiger partial charge in [0.25, 0.3) is 0 Å². The van der Waals surface area contributed by atoms with Crippen LogP contribution in [0.2, 0.25) is 0 Å². The SMILES string of the molecule is O=C1[C@@H]2[C@@H](CC(CO)=C3[C@@H](CC/C(=C/c4ccc(O)c(F)c4)c4ccccn4)OC[C@@H]32)C(=O)N1c1cccc(B(O)O)c1. The Balaban J connectivity index is 1.26. The quantitative estimate of drug-likeness (QED) is 0.180. The van der Waals surface area contributed by atoms with Gasteiger partial charge in [-0.25, -0.2) is 4.39 Å². The van der Waals surface area contributed by atoms with E-state index < -0.39 is 36.6 Å². The molecule has 2 fully saturated rings. The number of pyridine rings is 1. The number of hydrogen-bond donors (Lipinski definition) is 4. The Morgan fingerprint density at radius 3 is 2.63 bits per heavy atom. The van der Waals surface area contributed by atoms with Gasteiger partial charge in [0.15, 0.2) is 11.6 Å². The Morgan fingerprint density at radius 2 is 1.91 bits per heavy atom. The van der Waals surface area contributed by atoms with Crippen LogP contribution in [0.1, 0.15) is 30.5 Å². The number of fused-ring (bicyclic) bond motifs is 3. The molecule has 3 aliphatic rings. The number of imide groups is 1. The third-order valence-electron chi connectivity index (χ3n) is 8.61. The maximum atomic E-state index is 14.1. The molecule has 2 saturated heterocycles. The van der Waals surface area contributed by atoms with E-state index in [1.165, 1.54) is 24.3 Å². The van der Waals surface area contributed by atoms with E-state index >= 15 is 0 Å². The maximum Gasteiger partial charge on any atom is 0.488 e. The third-order valence-corrected chi connectivity index (χ3v) is 8.61. The summed E-state index contributed by atoms with van der Waals surface area (Å²) in [6.45, 7) is -0.0446. The van der Waals surface area contributed by atoms with Crippen molar-refractivity contribution in [2.45, 2.75) is 25.4 Å². The number of aromatic hydroxyl groups is 1. The van der Waals surface area contributed by atoms with Crippen LogP contribution >= 0.6 is 0 Å². The number of phenolic OH excluding ortho intramolecular Hbond substituents is 1. The molecule has 11 heteroatoms. The minimum atomic E-state index is -1.74. The summed E-state index contributed by atoms with van der Waals surface area (Å²) < 4.78 is 20.3. The molecule has 0 saturated carbocycles. The van der Waals surface area contributed by atoms with Crippen molar-refractivity contribution in [3.8, 4) is 5.75 Å². The monoisotopic (exact) mass is 584 g/mol. The first kappa shape index (κ1) is 28.9. The first-order valence-corrected chi connectivity index (χ1v) is 14.2. The zero-order chi connectivity index (χ0) is 30.2. The van der Waals surface area contributed by atoms with Crippen LogP contribution in [0.4, 0.5) is 10.1 Å². The smallest absolute Gasteiger partial charge is 0.488 e. The molecule has 3 heterocycles. The fraction of sp³-hybridized carbons (Fsp3) is 0.281. The van der Waals surface area contributed by atoms with Gasteiger partial charge >= 0.3 is 7.12 Å². The standard InChI is InChI=1S/C32H30BFN2O7/c34-25-13-18(7-9-27(25)38)12-19(26-6-1-2-11-35-26)8-10-28-29-20(16-37)14-23-30(24(29)17-43-28)32(40)36(31(23)39)22-5-3-4-21(15-22)33(41)42/h1-7,9,11-13,15,23-24,28,30,37-38,41-42H,8,10,14,16-17H2/b19-12-/t23-,24+,28-,30-/m1/s1. The van der Waals surface area contributed by atoms with E-state index in [1.54, 1.807) is 30.5 Å². The molecule has 2 aliphatic heterocycles. The lowest BCUT2D eigenvalue weighted by Gasteiger charge is -2.31. The number of benzene rings is 2. The Labute approximate surface area is 247 Å². The normalized spacial score (nSPS) is 23.5. The molecule has 4 N–H and O–H groups in total. The van der Waals surface area contributed by atoms with Crippen LogP contribution in [0.15, 0.2) is 78.0 Å². The maximum absolute atomic E-state index is 14.1. The molecule has 0 spiro atoms. The average Bonchev–Trinajstić information content (AvgIpc) is 3.55. The number of anilines is 1. The van der Waals surface area contributed by atoms with Crippen molar-refractivity contribution in [3.63, 3.8) is 0 Å². The lowest BCUT2D eigenvalue weighted by Crippen LogP contribution is -2.35. The topological polar surface area (TPSA) is 140 Å². The number of halogens is 1. The molecule has 220 valence electrons. The van der Waals surface area contributed by atoms with Crippen molar-refractivity contribution >= 4 is 41.7 Å². The van der Waals surface area contributed by atoms with Crippen molar-refractivity contribution in [1.82, 2.24) is 4.98 Å². The Morgan fingerprint density at radius 1 is 1.07 bits per heavy atom. The van der Waals surface area contributed by atoms with E-state index in [4.69, 9.17) is 4.74 Å². The van der Waals surface area contributed by atoms with Crippen molar-refractivity contribution in [2.24, 2.45) is 17.8 Å². The van der Waals surface area contributed by atoms with Gasteiger partial charge in [-0.1, -0.05) is 24.3 Å². The number of allylic oxidation sites excluding steroid dienone is 1. The first-order chi connectivity index (χ1) is 20.8. The fourth-order valence-corrected chi connectivity index (χ4v) is 6.63. The number of nitrogens with zero attached hydrogens (tertiary/aromatic N) is 2. The summed E-state index contributed by atoms with van der Waals surface area (Å²) in [6, 6.07) is 15.7. The highest BCUT2D eigenvalue weighted by Gasteiger charge is 2.57. The molecule has 9 nitrogen and oxygen atoms in total. The molecule has 2 amide bonds. The summed E-state index contributed by atoms with van der Waals surface area (Å²) >= 11 is 0. The molecule has 3 aromatic rings. The molecular formula is C32H30BFN2O7. The molecular weight excluding hydrogens is 554 g/mol. The van der Waals surface area contributed by atoms with Gasteiger partial charge in [-0.15, -0.1) is 0 Å². The number of carbonyl (C=O) groups excluding carboxylic acids is 2. The van der Waals surface area contributed by atoms with Crippen molar-refractivity contribution in [3.05, 3.63) is 95.1 Å². The minimum Gasteiger partial charge on any atom is -0.505 e. The number of rotatable bonds is 8. The van der Waals surface area contributed by atoms with Gasteiger partial charge in [0.2, 0.25) is 11.8 Å². The van der Waals surface area contributed by atoms with Crippen LogP contribution < -0.4 is 10.4 Å². The number of carbonyl (C=O) groups is 2. The van der Waals surface area contributed by atoms with Crippen LogP contribution in [0.3, 0.4) is 0 Å². The molecule has 0 radical (unpaired) electrons. The predicted octanol–water partition coefficient (Wildman–Crippen LogP) is 2.44. The summed E-state index contributed by atoms with van der Waals surface area (Å²) in [6.07, 6.45) is 4.29. The number of aliphatic hydroxyl groups is 1. The molecule has 4 atom stereocenters. The van der Waals surface area contributed by atoms with Gasteiger partial charge in [0.1, 0.15) is 0 Å². The lowest BCUT2D eigenvalue weighted by molar-refractivity contribution is -0.122. The van der Waals surface area contributed by atoms with E-state index in [0.29, 0.717) is 29.7 Å². The second-order valence-electron chi connectivity index (χ2n) is 11.1. The van der Waals surface area contributed by atoms with Gasteiger partial charge < -0.3 is 25.0 Å². The van der Waals surface area contributed by atoms with Gasteiger partial charge in [-0.3, -0.25) is 19.5 Å². The van der Waals surface area contributed by atoms with Crippen LogP contribution in [-0.4, -0.2) is 63.5 Å². The van der Waals surface area contributed by atoms with Crippen LogP contribution in [0.25, 0.3) is 11.6 Å². The zero-order valence-corrected chi connectivity index (χ0v) is 23.1. The Kier molecular flexibility index (Phi) is 7.98. The van der Waals surface area contributed by atoms with Gasteiger partial charge in [-0.05, 0) is 89.5 Å².